The molecule has 0 aliphatic carbocycles. The minimum Gasteiger partial charge on any atom is -0.444 e. The Kier molecular flexibility index (Phi) is 6.45. The molecule has 31 heavy (non-hydrogen) atoms. The molecular formula is C22H29BrN4O4. The molecule has 0 fully saturated rings. The van der Waals surface area contributed by atoms with Crippen LogP contribution < -0.4 is 5.32 Å². The Balaban J connectivity index is 1.82. The standard InChI is InChI=1S/C22H29BrN4O4/c1-21(2,3)19-25-17(26-31-19)18(28)24-16-9-10-27(20(29)30-22(4,5)6)12-13-11-14(23)7-8-15(13)16/h7-8,11,16H,9-10,12H2,1-6H3,(H,24,28)/t16-/m0/s1. The van der Waals surface area contributed by atoms with Gasteiger partial charge in [0.15, 0.2) is 0 Å². The van der Waals surface area contributed by atoms with Crippen molar-refractivity contribution in [1.82, 2.24) is 20.4 Å². The zero-order valence-corrected chi connectivity index (χ0v) is 20.4. The maximum Gasteiger partial charge on any atom is 0.410 e. The van der Waals surface area contributed by atoms with Crippen molar-refractivity contribution < 1.29 is 18.8 Å². The normalized spacial score (nSPS) is 17.0. The molecule has 1 aromatic carbocycles. The van der Waals surface area contributed by atoms with Crippen molar-refractivity contribution in [2.45, 2.75) is 71.6 Å². The van der Waals surface area contributed by atoms with E-state index in [1.807, 2.05) is 59.7 Å². The maximum atomic E-state index is 12.8. The van der Waals surface area contributed by atoms with Crippen molar-refractivity contribution in [3.05, 3.63) is 45.5 Å². The third-order valence-corrected chi connectivity index (χ3v) is 5.25. The van der Waals surface area contributed by atoms with E-state index in [0.717, 1.165) is 15.6 Å². The van der Waals surface area contributed by atoms with E-state index in [1.54, 1.807) is 4.90 Å². The Morgan fingerprint density at radius 1 is 1.23 bits per heavy atom. The summed E-state index contributed by atoms with van der Waals surface area (Å²) >= 11 is 3.50. The second-order valence-electron chi connectivity index (χ2n) is 9.73. The lowest BCUT2D eigenvalue weighted by Gasteiger charge is -2.26. The van der Waals surface area contributed by atoms with Crippen LogP contribution in [0.3, 0.4) is 0 Å². The van der Waals surface area contributed by atoms with Gasteiger partial charge in [0.1, 0.15) is 5.60 Å². The number of hydrogen-bond acceptors (Lipinski definition) is 6. The molecule has 0 radical (unpaired) electrons. The van der Waals surface area contributed by atoms with Gasteiger partial charge in [0.25, 0.3) is 11.7 Å². The third kappa shape index (κ3) is 5.84. The van der Waals surface area contributed by atoms with Crippen molar-refractivity contribution in [3.8, 4) is 0 Å². The zero-order valence-electron chi connectivity index (χ0n) is 18.8. The van der Waals surface area contributed by atoms with E-state index in [4.69, 9.17) is 9.26 Å². The fourth-order valence-electron chi connectivity index (χ4n) is 3.25. The molecule has 0 saturated heterocycles. The first kappa shape index (κ1) is 23.2. The van der Waals surface area contributed by atoms with E-state index in [9.17, 15) is 9.59 Å². The van der Waals surface area contributed by atoms with E-state index in [2.05, 4.69) is 31.4 Å². The summed E-state index contributed by atoms with van der Waals surface area (Å²) in [7, 11) is 0. The van der Waals surface area contributed by atoms with Crippen LogP contribution in [0.2, 0.25) is 0 Å². The molecule has 0 bridgehead atoms. The molecule has 2 aromatic rings. The first-order valence-electron chi connectivity index (χ1n) is 10.2. The molecule has 168 valence electrons. The van der Waals surface area contributed by atoms with E-state index in [0.29, 0.717) is 25.4 Å². The summed E-state index contributed by atoms with van der Waals surface area (Å²) in [6.45, 7) is 12.2. The van der Waals surface area contributed by atoms with Crippen LogP contribution in [-0.2, 0) is 16.7 Å². The van der Waals surface area contributed by atoms with Gasteiger partial charge in [-0.25, -0.2) is 4.79 Å². The Bertz CT molecular complexity index is 975. The average Bonchev–Trinajstić information content (AvgIpc) is 3.07. The summed E-state index contributed by atoms with van der Waals surface area (Å²) in [5, 5.41) is 6.84. The van der Waals surface area contributed by atoms with E-state index >= 15 is 0 Å². The molecule has 1 aliphatic rings. The summed E-state index contributed by atoms with van der Waals surface area (Å²) in [5.41, 5.74) is 0.954. The molecule has 0 unspecified atom stereocenters. The molecule has 1 N–H and O–H groups in total. The molecule has 0 saturated carbocycles. The Morgan fingerprint density at radius 2 is 1.94 bits per heavy atom. The first-order valence-corrected chi connectivity index (χ1v) is 11.0. The SMILES string of the molecule is CC(C)(C)OC(=O)N1CC[C@H](NC(=O)c2noc(C(C)(C)C)n2)c2ccc(Br)cc2C1. The van der Waals surface area contributed by atoms with Crippen molar-refractivity contribution >= 4 is 27.9 Å². The number of halogens is 1. The topological polar surface area (TPSA) is 97.6 Å². The van der Waals surface area contributed by atoms with Gasteiger partial charge >= 0.3 is 6.09 Å². The fraction of sp³-hybridized carbons (Fsp3) is 0.545. The number of benzene rings is 1. The number of nitrogens with one attached hydrogen (secondary N) is 1. The van der Waals surface area contributed by atoms with Gasteiger partial charge in [0, 0.05) is 23.0 Å². The Hall–Kier alpha value is -2.42. The number of carbonyl (C=O) groups excluding carboxylic acids is 2. The molecule has 1 aromatic heterocycles. The number of hydrogen-bond donors (Lipinski definition) is 1. The Morgan fingerprint density at radius 3 is 2.55 bits per heavy atom. The van der Waals surface area contributed by atoms with E-state index < -0.39 is 11.5 Å². The van der Waals surface area contributed by atoms with Crippen molar-refractivity contribution in [1.29, 1.82) is 0 Å². The lowest BCUT2D eigenvalue weighted by atomic mass is 9.97. The second-order valence-corrected chi connectivity index (χ2v) is 10.6. The highest BCUT2D eigenvalue weighted by atomic mass is 79.9. The molecule has 1 aliphatic heterocycles. The minimum atomic E-state index is -0.583. The predicted octanol–water partition coefficient (Wildman–Crippen LogP) is 4.74. The first-order chi connectivity index (χ1) is 14.3. The van der Waals surface area contributed by atoms with E-state index in [-0.39, 0.29) is 23.4 Å². The maximum absolute atomic E-state index is 12.8. The number of ether oxygens (including phenoxy) is 1. The number of nitrogens with zero attached hydrogens (tertiary/aromatic N) is 3. The van der Waals surface area contributed by atoms with Gasteiger partial charge in [0.2, 0.25) is 5.89 Å². The lowest BCUT2D eigenvalue weighted by molar-refractivity contribution is 0.0234. The van der Waals surface area contributed by atoms with Crippen molar-refractivity contribution in [2.75, 3.05) is 6.54 Å². The number of fused-ring (bicyclic) bond motifs is 1. The highest BCUT2D eigenvalue weighted by molar-refractivity contribution is 9.10. The highest BCUT2D eigenvalue weighted by Crippen LogP contribution is 2.30. The van der Waals surface area contributed by atoms with Gasteiger partial charge in [-0.1, -0.05) is 47.9 Å². The van der Waals surface area contributed by atoms with Crippen LogP contribution in [0.15, 0.2) is 27.2 Å². The van der Waals surface area contributed by atoms with Gasteiger partial charge in [-0.15, -0.1) is 0 Å². The Labute approximate surface area is 190 Å². The molecule has 2 heterocycles. The number of amides is 2. The van der Waals surface area contributed by atoms with Crippen LogP contribution >= 0.6 is 15.9 Å². The molecule has 0 spiro atoms. The number of carbonyl (C=O) groups is 2. The van der Waals surface area contributed by atoms with Crippen molar-refractivity contribution in [3.63, 3.8) is 0 Å². The highest BCUT2D eigenvalue weighted by Gasteiger charge is 2.30. The molecule has 1 atom stereocenters. The smallest absolute Gasteiger partial charge is 0.410 e. The van der Waals surface area contributed by atoms with Gasteiger partial charge in [-0.05, 0) is 50.5 Å². The van der Waals surface area contributed by atoms with Crippen LogP contribution in [0.25, 0.3) is 0 Å². The number of aromatic nitrogens is 2. The third-order valence-electron chi connectivity index (χ3n) is 4.76. The summed E-state index contributed by atoms with van der Waals surface area (Å²) in [5.74, 6) is -0.0142. The van der Waals surface area contributed by atoms with Crippen LogP contribution in [0.5, 0.6) is 0 Å². The van der Waals surface area contributed by atoms with E-state index in [1.165, 1.54) is 0 Å². The second kappa shape index (κ2) is 8.61. The quantitative estimate of drug-likeness (QED) is 0.649. The molecule has 2 amide bonds. The van der Waals surface area contributed by atoms with Crippen LogP contribution in [-0.4, -0.2) is 39.2 Å². The zero-order chi connectivity index (χ0) is 23.0. The fourth-order valence-corrected chi connectivity index (χ4v) is 3.66. The predicted molar refractivity (Wildman–Crippen MR) is 119 cm³/mol. The number of rotatable bonds is 2. The van der Waals surface area contributed by atoms with Gasteiger partial charge < -0.3 is 19.5 Å². The molecular weight excluding hydrogens is 464 g/mol. The molecule has 3 rings (SSSR count). The van der Waals surface area contributed by atoms with Crippen LogP contribution in [0.1, 0.15) is 81.6 Å². The van der Waals surface area contributed by atoms with Gasteiger partial charge in [0.05, 0.1) is 6.04 Å². The molecule has 9 heteroatoms. The average molecular weight is 493 g/mol. The monoisotopic (exact) mass is 492 g/mol. The van der Waals surface area contributed by atoms with Gasteiger partial charge in [-0.3, -0.25) is 4.79 Å². The van der Waals surface area contributed by atoms with Gasteiger partial charge in [-0.2, -0.15) is 4.98 Å². The minimum absolute atomic E-state index is 0.00293. The molecule has 8 nitrogen and oxygen atoms in total. The van der Waals surface area contributed by atoms with Crippen molar-refractivity contribution in [2.24, 2.45) is 0 Å². The summed E-state index contributed by atoms with van der Waals surface area (Å²) in [6, 6.07) is 5.54. The summed E-state index contributed by atoms with van der Waals surface area (Å²) in [6.07, 6.45) is 0.155. The van der Waals surface area contributed by atoms with Crippen LogP contribution in [0, 0.1) is 0 Å². The summed E-state index contributed by atoms with van der Waals surface area (Å²) < 4.78 is 11.7. The lowest BCUT2D eigenvalue weighted by Crippen LogP contribution is -2.37. The van der Waals surface area contributed by atoms with Crippen LogP contribution in [0.4, 0.5) is 4.79 Å². The largest absolute Gasteiger partial charge is 0.444 e. The summed E-state index contributed by atoms with van der Waals surface area (Å²) in [4.78, 5) is 31.4.